The fourth-order valence-corrected chi connectivity index (χ4v) is 5.92. The number of likely N-dealkylation sites (tertiary alicyclic amines) is 1. The number of nitrogens with one attached hydrogen (secondary N) is 1. The van der Waals surface area contributed by atoms with E-state index in [4.69, 9.17) is 0 Å². The predicted molar refractivity (Wildman–Crippen MR) is 108 cm³/mol. The molecule has 5 rings (SSSR count). The molecular weight excluding hydrogens is 350 g/mol. The van der Waals surface area contributed by atoms with E-state index >= 15 is 0 Å². The van der Waals surface area contributed by atoms with Gasteiger partial charge in [-0.3, -0.25) is 4.98 Å². The van der Waals surface area contributed by atoms with Crippen molar-refractivity contribution in [3.63, 3.8) is 0 Å². The molecule has 0 saturated carbocycles. The number of aromatic hydroxyl groups is 1. The van der Waals surface area contributed by atoms with E-state index in [1.807, 2.05) is 24.4 Å². The Morgan fingerprint density at radius 3 is 2.89 bits per heavy atom. The van der Waals surface area contributed by atoms with Gasteiger partial charge in [-0.05, 0) is 74.2 Å². The molecule has 2 fully saturated rings. The molecular formula is C23H29N3O2. The fourth-order valence-electron chi connectivity index (χ4n) is 5.92. The van der Waals surface area contributed by atoms with Crippen LogP contribution in [-0.4, -0.2) is 57.9 Å². The van der Waals surface area contributed by atoms with Crippen LogP contribution in [0.4, 0.5) is 0 Å². The monoisotopic (exact) mass is 379 g/mol. The molecule has 3 atom stereocenters. The van der Waals surface area contributed by atoms with Gasteiger partial charge in [-0.15, -0.1) is 0 Å². The zero-order valence-electron chi connectivity index (χ0n) is 16.3. The summed E-state index contributed by atoms with van der Waals surface area (Å²) in [5.74, 6) is 0.309. The van der Waals surface area contributed by atoms with Crippen LogP contribution in [0.1, 0.15) is 36.1 Å². The third kappa shape index (κ3) is 2.76. The number of fused-ring (bicyclic) bond motifs is 1. The van der Waals surface area contributed by atoms with Crippen LogP contribution in [0.3, 0.4) is 0 Å². The first kappa shape index (κ1) is 18.1. The van der Waals surface area contributed by atoms with Gasteiger partial charge in [-0.1, -0.05) is 12.1 Å². The molecule has 2 bridgehead atoms. The van der Waals surface area contributed by atoms with E-state index in [2.05, 4.69) is 27.3 Å². The largest absolute Gasteiger partial charge is 0.508 e. The normalized spacial score (nSPS) is 32.2. The summed E-state index contributed by atoms with van der Waals surface area (Å²) in [4.78, 5) is 6.93. The van der Waals surface area contributed by atoms with Crippen molar-refractivity contribution in [1.29, 1.82) is 0 Å². The quantitative estimate of drug-likeness (QED) is 0.761. The second kappa shape index (κ2) is 6.83. The highest BCUT2D eigenvalue weighted by Gasteiger charge is 2.61. The first-order valence-corrected chi connectivity index (χ1v) is 10.5. The van der Waals surface area contributed by atoms with Crippen molar-refractivity contribution in [2.45, 2.75) is 49.2 Å². The Balaban J connectivity index is 1.44. The third-order valence-electron chi connectivity index (χ3n) is 7.46. The van der Waals surface area contributed by atoms with E-state index in [0.717, 1.165) is 64.0 Å². The molecule has 1 aliphatic carbocycles. The predicted octanol–water partition coefficient (Wildman–Crippen LogP) is 2.01. The lowest BCUT2D eigenvalue weighted by molar-refractivity contribution is -0.102. The number of aromatic nitrogens is 1. The van der Waals surface area contributed by atoms with Crippen LogP contribution in [0.15, 0.2) is 42.6 Å². The van der Waals surface area contributed by atoms with Crippen molar-refractivity contribution in [2.75, 3.05) is 26.2 Å². The van der Waals surface area contributed by atoms with Gasteiger partial charge in [-0.2, -0.15) is 0 Å². The Hall–Kier alpha value is -1.95. The van der Waals surface area contributed by atoms with Gasteiger partial charge in [-0.25, -0.2) is 0 Å². The van der Waals surface area contributed by atoms with E-state index in [1.165, 1.54) is 11.1 Å². The lowest BCUT2D eigenvalue weighted by atomic mass is 9.53. The SMILES string of the molecule is Oc1ccc2c(c1)[C@]13CCN[C@H](C2)[C@]1(O)CCN(CCc1ccccn1)CC3. The highest BCUT2D eigenvalue weighted by atomic mass is 16.3. The fraction of sp³-hybridized carbons (Fsp3) is 0.522. The summed E-state index contributed by atoms with van der Waals surface area (Å²) in [7, 11) is 0. The van der Waals surface area contributed by atoms with E-state index in [-0.39, 0.29) is 11.5 Å². The zero-order chi connectivity index (χ0) is 19.2. The minimum absolute atomic E-state index is 0.0917. The maximum atomic E-state index is 12.0. The summed E-state index contributed by atoms with van der Waals surface area (Å²) in [6, 6.07) is 11.9. The second-order valence-electron chi connectivity index (χ2n) is 8.72. The average molecular weight is 380 g/mol. The van der Waals surface area contributed by atoms with Crippen LogP contribution >= 0.6 is 0 Å². The van der Waals surface area contributed by atoms with Gasteiger partial charge in [0.15, 0.2) is 0 Å². The molecule has 2 aromatic rings. The summed E-state index contributed by atoms with van der Waals surface area (Å²) in [5.41, 5.74) is 2.55. The van der Waals surface area contributed by atoms with E-state index < -0.39 is 5.60 Å². The smallest absolute Gasteiger partial charge is 0.115 e. The molecule has 2 aliphatic heterocycles. The van der Waals surface area contributed by atoms with Crippen molar-refractivity contribution in [1.82, 2.24) is 15.2 Å². The number of pyridine rings is 1. The van der Waals surface area contributed by atoms with Gasteiger partial charge in [0, 0.05) is 42.9 Å². The molecule has 3 N–H and O–H groups in total. The molecule has 3 aliphatic rings. The van der Waals surface area contributed by atoms with Gasteiger partial charge in [0.2, 0.25) is 0 Å². The molecule has 0 unspecified atom stereocenters. The van der Waals surface area contributed by atoms with Crippen molar-refractivity contribution >= 4 is 0 Å². The molecule has 5 heteroatoms. The lowest BCUT2D eigenvalue weighted by Gasteiger charge is -2.58. The third-order valence-corrected chi connectivity index (χ3v) is 7.46. The van der Waals surface area contributed by atoms with Crippen LogP contribution in [-0.2, 0) is 18.3 Å². The van der Waals surface area contributed by atoms with Crippen molar-refractivity contribution < 1.29 is 10.2 Å². The first-order valence-electron chi connectivity index (χ1n) is 10.5. The Kier molecular flexibility index (Phi) is 4.42. The number of phenolic OH excluding ortho intramolecular Hbond substituents is 1. The maximum Gasteiger partial charge on any atom is 0.115 e. The molecule has 0 radical (unpaired) electrons. The van der Waals surface area contributed by atoms with E-state index in [0.29, 0.717) is 5.75 Å². The average Bonchev–Trinajstić information content (AvgIpc) is 2.86. The summed E-state index contributed by atoms with van der Waals surface area (Å²) < 4.78 is 0. The number of rotatable bonds is 3. The van der Waals surface area contributed by atoms with E-state index in [1.54, 1.807) is 6.07 Å². The number of benzene rings is 1. The van der Waals surface area contributed by atoms with Crippen molar-refractivity contribution in [3.8, 4) is 5.75 Å². The number of aliphatic hydroxyl groups is 1. The molecule has 2 saturated heterocycles. The van der Waals surface area contributed by atoms with Crippen LogP contribution in [0.2, 0.25) is 0 Å². The molecule has 0 amide bonds. The van der Waals surface area contributed by atoms with Crippen molar-refractivity contribution in [3.05, 3.63) is 59.4 Å². The van der Waals surface area contributed by atoms with Crippen LogP contribution in [0.25, 0.3) is 0 Å². The van der Waals surface area contributed by atoms with Gasteiger partial charge < -0.3 is 20.4 Å². The van der Waals surface area contributed by atoms with Gasteiger partial charge in [0.25, 0.3) is 0 Å². The Morgan fingerprint density at radius 2 is 2.04 bits per heavy atom. The summed E-state index contributed by atoms with van der Waals surface area (Å²) in [6.45, 7) is 3.76. The highest BCUT2D eigenvalue weighted by Crippen LogP contribution is 2.54. The summed E-state index contributed by atoms with van der Waals surface area (Å²) in [6.07, 6.45) is 6.24. The first-order chi connectivity index (χ1) is 13.6. The minimum atomic E-state index is -0.758. The molecule has 3 heterocycles. The topological polar surface area (TPSA) is 68.6 Å². The lowest BCUT2D eigenvalue weighted by Crippen LogP contribution is -2.70. The van der Waals surface area contributed by atoms with Crippen LogP contribution in [0.5, 0.6) is 5.75 Å². The highest BCUT2D eigenvalue weighted by molar-refractivity contribution is 5.47. The molecule has 0 spiro atoms. The molecule has 148 valence electrons. The Morgan fingerprint density at radius 1 is 1.14 bits per heavy atom. The van der Waals surface area contributed by atoms with Gasteiger partial charge in [0.1, 0.15) is 5.75 Å². The number of nitrogens with zero attached hydrogens (tertiary/aromatic N) is 2. The van der Waals surface area contributed by atoms with E-state index in [9.17, 15) is 10.2 Å². The number of hydrogen-bond acceptors (Lipinski definition) is 5. The number of piperidine rings is 1. The second-order valence-corrected chi connectivity index (χ2v) is 8.72. The molecule has 1 aromatic heterocycles. The zero-order valence-corrected chi connectivity index (χ0v) is 16.3. The number of hydrogen-bond donors (Lipinski definition) is 3. The van der Waals surface area contributed by atoms with Gasteiger partial charge >= 0.3 is 0 Å². The summed E-state index contributed by atoms with van der Waals surface area (Å²) >= 11 is 0. The molecule has 1 aromatic carbocycles. The molecule has 28 heavy (non-hydrogen) atoms. The van der Waals surface area contributed by atoms with Crippen LogP contribution < -0.4 is 5.32 Å². The number of phenols is 1. The maximum absolute atomic E-state index is 12.0. The Labute approximate surface area is 166 Å². The van der Waals surface area contributed by atoms with Crippen LogP contribution in [0, 0.1) is 0 Å². The Bertz CT molecular complexity index is 858. The van der Waals surface area contributed by atoms with Crippen molar-refractivity contribution in [2.24, 2.45) is 0 Å². The summed E-state index contributed by atoms with van der Waals surface area (Å²) in [5, 5.41) is 25.8. The standard InChI is InChI=1S/C23H29N3O2/c27-19-5-4-17-15-21-23(28)9-14-26(12-6-18-3-1-2-10-24-18)13-8-22(23,7-11-25-21)20(17)16-19/h1-5,10,16,21,25,27-28H,6-9,11-15H2/t21-,22-,23-/m1/s1. The van der Waals surface area contributed by atoms with Gasteiger partial charge in [0.05, 0.1) is 5.60 Å². The minimum Gasteiger partial charge on any atom is -0.508 e. The molecule has 5 nitrogen and oxygen atoms in total.